The molecule has 0 amide bonds. The molecule has 0 N–H and O–H groups in total. The SMILES string of the molecule is CCOC(=O)CCC(=O)CN(C)CC1CCCCO1. The zero-order valence-electron chi connectivity index (χ0n) is 12.0. The van der Waals surface area contributed by atoms with Gasteiger partial charge in [-0.25, -0.2) is 0 Å². The Balaban J connectivity index is 2.14. The monoisotopic (exact) mass is 271 g/mol. The van der Waals surface area contributed by atoms with Crippen LogP contribution in [0.25, 0.3) is 0 Å². The number of carbonyl (C=O) groups is 2. The summed E-state index contributed by atoms with van der Waals surface area (Å²) in [5.41, 5.74) is 0. The largest absolute Gasteiger partial charge is 0.466 e. The summed E-state index contributed by atoms with van der Waals surface area (Å²) in [6, 6.07) is 0. The summed E-state index contributed by atoms with van der Waals surface area (Å²) < 4.78 is 10.4. The predicted octanol–water partition coefficient (Wildman–Crippen LogP) is 1.40. The number of ketones is 1. The summed E-state index contributed by atoms with van der Waals surface area (Å²) in [4.78, 5) is 24.8. The highest BCUT2D eigenvalue weighted by molar-refractivity contribution is 5.84. The van der Waals surface area contributed by atoms with E-state index in [4.69, 9.17) is 9.47 Å². The maximum Gasteiger partial charge on any atom is 0.306 e. The summed E-state index contributed by atoms with van der Waals surface area (Å²) in [6.07, 6.45) is 4.10. The molecule has 1 unspecified atom stereocenters. The van der Waals surface area contributed by atoms with Crippen LogP contribution in [0.4, 0.5) is 0 Å². The number of hydrogen-bond acceptors (Lipinski definition) is 5. The predicted molar refractivity (Wildman–Crippen MR) is 72.0 cm³/mol. The number of likely N-dealkylation sites (N-methyl/N-ethyl adjacent to an activating group) is 1. The first kappa shape index (κ1) is 16.1. The fraction of sp³-hybridized carbons (Fsp3) is 0.857. The van der Waals surface area contributed by atoms with Gasteiger partial charge in [0, 0.05) is 19.6 Å². The third kappa shape index (κ3) is 7.28. The Hall–Kier alpha value is -0.940. The van der Waals surface area contributed by atoms with E-state index in [0.717, 1.165) is 26.0 Å². The van der Waals surface area contributed by atoms with Crippen LogP contribution < -0.4 is 0 Å². The normalized spacial score (nSPS) is 19.4. The van der Waals surface area contributed by atoms with Crippen LogP contribution in [0.5, 0.6) is 0 Å². The summed E-state index contributed by atoms with van der Waals surface area (Å²) in [5, 5.41) is 0. The molecule has 0 saturated carbocycles. The van der Waals surface area contributed by atoms with E-state index in [1.165, 1.54) is 6.42 Å². The van der Waals surface area contributed by atoms with Crippen LogP contribution >= 0.6 is 0 Å². The first-order valence-corrected chi connectivity index (χ1v) is 7.09. The molecule has 0 aromatic carbocycles. The molecule has 110 valence electrons. The molecule has 1 atom stereocenters. The maximum absolute atomic E-state index is 11.7. The summed E-state index contributed by atoms with van der Waals surface area (Å²) in [5.74, 6) is -0.222. The lowest BCUT2D eigenvalue weighted by atomic mass is 10.1. The molecule has 1 saturated heterocycles. The summed E-state index contributed by atoms with van der Waals surface area (Å²) in [7, 11) is 1.92. The topological polar surface area (TPSA) is 55.8 Å². The van der Waals surface area contributed by atoms with Crippen LogP contribution in [-0.2, 0) is 19.1 Å². The van der Waals surface area contributed by atoms with E-state index in [-0.39, 0.29) is 30.7 Å². The zero-order valence-corrected chi connectivity index (χ0v) is 12.0. The van der Waals surface area contributed by atoms with E-state index in [1.807, 2.05) is 11.9 Å². The number of carbonyl (C=O) groups excluding carboxylic acids is 2. The lowest BCUT2D eigenvalue weighted by Gasteiger charge is -2.27. The van der Waals surface area contributed by atoms with E-state index >= 15 is 0 Å². The average molecular weight is 271 g/mol. The number of esters is 1. The van der Waals surface area contributed by atoms with E-state index in [2.05, 4.69) is 0 Å². The first-order valence-electron chi connectivity index (χ1n) is 7.09. The molecule has 1 aliphatic rings. The molecule has 1 aliphatic heterocycles. The van der Waals surface area contributed by atoms with Gasteiger partial charge in [-0.2, -0.15) is 0 Å². The molecule has 0 aromatic heterocycles. The van der Waals surface area contributed by atoms with Crippen molar-refractivity contribution >= 4 is 11.8 Å². The van der Waals surface area contributed by atoms with Crippen LogP contribution in [0.2, 0.25) is 0 Å². The molecule has 0 bridgehead atoms. The third-order valence-corrected chi connectivity index (χ3v) is 3.15. The molecule has 0 radical (unpaired) electrons. The van der Waals surface area contributed by atoms with Crippen molar-refractivity contribution in [2.75, 3.05) is 33.4 Å². The molecule has 19 heavy (non-hydrogen) atoms. The van der Waals surface area contributed by atoms with Crippen molar-refractivity contribution in [2.45, 2.75) is 45.1 Å². The Bertz CT molecular complexity index is 287. The second-order valence-corrected chi connectivity index (χ2v) is 5.03. The first-order chi connectivity index (χ1) is 9.11. The molecule has 1 heterocycles. The highest BCUT2D eigenvalue weighted by Gasteiger charge is 2.17. The molecule has 5 heteroatoms. The van der Waals surface area contributed by atoms with Crippen molar-refractivity contribution in [3.63, 3.8) is 0 Å². The lowest BCUT2D eigenvalue weighted by molar-refractivity contribution is -0.144. The average Bonchev–Trinajstić information content (AvgIpc) is 2.38. The number of hydrogen-bond donors (Lipinski definition) is 0. The molecule has 1 rings (SSSR count). The maximum atomic E-state index is 11.7. The standard InChI is InChI=1S/C14H25NO4/c1-3-18-14(17)8-7-12(16)10-15(2)11-13-6-4-5-9-19-13/h13H,3-11H2,1-2H3. The molecule has 0 spiro atoms. The van der Waals surface area contributed by atoms with Crippen LogP contribution in [0.3, 0.4) is 0 Å². The highest BCUT2D eigenvalue weighted by Crippen LogP contribution is 2.13. The smallest absolute Gasteiger partial charge is 0.306 e. The van der Waals surface area contributed by atoms with Gasteiger partial charge in [0.15, 0.2) is 0 Å². The fourth-order valence-electron chi connectivity index (χ4n) is 2.22. The van der Waals surface area contributed by atoms with E-state index in [0.29, 0.717) is 13.2 Å². The van der Waals surface area contributed by atoms with Gasteiger partial charge in [0.05, 0.1) is 25.7 Å². The van der Waals surface area contributed by atoms with Gasteiger partial charge in [-0.3, -0.25) is 14.5 Å². The molecule has 5 nitrogen and oxygen atoms in total. The summed E-state index contributed by atoms with van der Waals surface area (Å²) >= 11 is 0. The minimum Gasteiger partial charge on any atom is -0.466 e. The minimum atomic E-state index is -0.297. The van der Waals surface area contributed by atoms with E-state index in [9.17, 15) is 9.59 Å². The summed E-state index contributed by atoms with van der Waals surface area (Å²) in [6.45, 7) is 4.11. The van der Waals surface area contributed by atoms with Crippen molar-refractivity contribution in [1.29, 1.82) is 0 Å². The van der Waals surface area contributed by atoms with Crippen molar-refractivity contribution in [1.82, 2.24) is 4.90 Å². The minimum absolute atomic E-state index is 0.0753. The Morgan fingerprint density at radius 2 is 2.11 bits per heavy atom. The van der Waals surface area contributed by atoms with Crippen molar-refractivity contribution in [3.8, 4) is 0 Å². The molecule has 1 fully saturated rings. The zero-order chi connectivity index (χ0) is 14.1. The van der Waals surface area contributed by atoms with Gasteiger partial charge in [0.25, 0.3) is 0 Å². The fourth-order valence-corrected chi connectivity index (χ4v) is 2.22. The molecular formula is C14H25NO4. The number of Topliss-reactive ketones (excluding diaryl/α,β-unsaturated/α-hetero) is 1. The second-order valence-electron chi connectivity index (χ2n) is 5.03. The Morgan fingerprint density at radius 1 is 1.32 bits per heavy atom. The van der Waals surface area contributed by atoms with E-state index < -0.39 is 0 Å². The van der Waals surface area contributed by atoms with Gasteiger partial charge in [-0.15, -0.1) is 0 Å². The lowest BCUT2D eigenvalue weighted by Crippen LogP contribution is -2.36. The van der Waals surface area contributed by atoms with Gasteiger partial charge in [0.1, 0.15) is 5.78 Å². The Labute approximate surface area is 115 Å². The van der Waals surface area contributed by atoms with Gasteiger partial charge in [-0.05, 0) is 33.2 Å². The number of rotatable bonds is 8. The molecule has 0 aliphatic carbocycles. The van der Waals surface area contributed by atoms with E-state index in [1.54, 1.807) is 6.92 Å². The van der Waals surface area contributed by atoms with Gasteiger partial charge in [-0.1, -0.05) is 0 Å². The van der Waals surface area contributed by atoms with Gasteiger partial charge < -0.3 is 9.47 Å². The van der Waals surface area contributed by atoms with Crippen molar-refractivity contribution in [2.24, 2.45) is 0 Å². The molecular weight excluding hydrogens is 246 g/mol. The van der Waals surface area contributed by atoms with Crippen LogP contribution in [-0.4, -0.2) is 56.1 Å². The Kier molecular flexibility index (Phi) is 7.67. The Morgan fingerprint density at radius 3 is 2.74 bits per heavy atom. The van der Waals surface area contributed by atoms with Gasteiger partial charge >= 0.3 is 5.97 Å². The highest BCUT2D eigenvalue weighted by atomic mass is 16.5. The van der Waals surface area contributed by atoms with Crippen LogP contribution in [0, 0.1) is 0 Å². The quantitative estimate of drug-likeness (QED) is 0.625. The van der Waals surface area contributed by atoms with Crippen molar-refractivity contribution < 1.29 is 19.1 Å². The molecule has 0 aromatic rings. The van der Waals surface area contributed by atoms with Crippen molar-refractivity contribution in [3.05, 3.63) is 0 Å². The van der Waals surface area contributed by atoms with Crippen LogP contribution in [0.1, 0.15) is 39.0 Å². The third-order valence-electron chi connectivity index (χ3n) is 3.15. The van der Waals surface area contributed by atoms with Crippen LogP contribution in [0.15, 0.2) is 0 Å². The second kappa shape index (κ2) is 9.04. The number of nitrogens with zero attached hydrogens (tertiary/aromatic N) is 1. The van der Waals surface area contributed by atoms with Gasteiger partial charge in [0.2, 0.25) is 0 Å². The number of ether oxygens (including phenoxy) is 2.